The summed E-state index contributed by atoms with van der Waals surface area (Å²) in [5, 5.41) is 10.0. The molecule has 7 heteroatoms. The maximum Gasteiger partial charge on any atom is 0.303 e. The van der Waals surface area contributed by atoms with Gasteiger partial charge in [0.2, 0.25) is 5.91 Å². The molecule has 0 aliphatic carbocycles. The van der Waals surface area contributed by atoms with Crippen molar-refractivity contribution in [3.8, 4) is 0 Å². The minimum Gasteiger partial charge on any atom is -0.481 e. The summed E-state index contributed by atoms with van der Waals surface area (Å²) in [6.07, 6.45) is 0.101. The summed E-state index contributed by atoms with van der Waals surface area (Å²) in [5.74, 6) is -1.71. The first-order valence-electron chi connectivity index (χ1n) is 9.17. The summed E-state index contributed by atoms with van der Waals surface area (Å²) in [6, 6.07) is 19.2. The Morgan fingerprint density at radius 3 is 2.18 bits per heavy atom. The quantitative estimate of drug-likeness (QED) is 0.728. The van der Waals surface area contributed by atoms with E-state index in [1.807, 2.05) is 65.6 Å². The Bertz CT molecular complexity index is 826. The van der Waals surface area contributed by atoms with Crippen molar-refractivity contribution in [2.75, 3.05) is 6.67 Å². The normalized spacial score (nSPS) is 16.9. The van der Waals surface area contributed by atoms with Gasteiger partial charge < -0.3 is 5.11 Å². The van der Waals surface area contributed by atoms with Crippen LogP contribution in [0.2, 0.25) is 0 Å². The summed E-state index contributed by atoms with van der Waals surface area (Å²) < 4.78 is 0. The molecule has 0 spiro atoms. The van der Waals surface area contributed by atoms with Crippen LogP contribution in [0.4, 0.5) is 0 Å². The third-order valence-corrected chi connectivity index (χ3v) is 4.64. The number of amides is 2. The Labute approximate surface area is 163 Å². The van der Waals surface area contributed by atoms with E-state index >= 15 is 0 Å². The van der Waals surface area contributed by atoms with Crippen molar-refractivity contribution in [3.05, 3.63) is 71.8 Å². The topological polar surface area (TPSA) is 89.9 Å². The fraction of sp³-hybridized carbons (Fsp3) is 0.286. The number of benzene rings is 2. The predicted octanol–water partition coefficient (Wildman–Crippen LogP) is 1.80. The van der Waals surface area contributed by atoms with Gasteiger partial charge in [0, 0.05) is 13.0 Å². The van der Waals surface area contributed by atoms with Gasteiger partial charge in [-0.05, 0) is 17.5 Å². The van der Waals surface area contributed by atoms with E-state index in [1.165, 1.54) is 5.01 Å². The average molecular weight is 381 g/mol. The average Bonchev–Trinajstić information content (AvgIpc) is 2.97. The summed E-state index contributed by atoms with van der Waals surface area (Å²) in [5.41, 5.74) is 4.67. The monoisotopic (exact) mass is 381 g/mol. The second kappa shape index (κ2) is 9.14. The van der Waals surface area contributed by atoms with E-state index in [2.05, 4.69) is 5.43 Å². The molecule has 1 aliphatic heterocycles. The first kappa shape index (κ1) is 19.6. The molecule has 2 aromatic rings. The molecule has 2 N–H and O–H groups in total. The van der Waals surface area contributed by atoms with Crippen LogP contribution < -0.4 is 5.43 Å². The molecule has 0 aromatic heterocycles. The second-order valence-corrected chi connectivity index (χ2v) is 6.77. The zero-order chi connectivity index (χ0) is 19.9. The number of nitrogens with zero attached hydrogens (tertiary/aromatic N) is 2. The third kappa shape index (κ3) is 5.17. The van der Waals surface area contributed by atoms with Gasteiger partial charge in [-0.25, -0.2) is 5.01 Å². The molecule has 146 valence electrons. The predicted molar refractivity (Wildman–Crippen MR) is 103 cm³/mol. The SMILES string of the molecule is O=C(O)CCC(=O)NN1CN(Cc2ccccc2)C(Cc2ccccc2)C1=O. The molecule has 2 amide bonds. The minimum atomic E-state index is -1.05. The number of hydrogen-bond donors (Lipinski definition) is 2. The van der Waals surface area contributed by atoms with Crippen LogP contribution in [-0.4, -0.2) is 45.5 Å². The van der Waals surface area contributed by atoms with Gasteiger partial charge in [0.25, 0.3) is 5.91 Å². The molecule has 0 radical (unpaired) electrons. The highest BCUT2D eigenvalue weighted by Gasteiger charge is 2.39. The van der Waals surface area contributed by atoms with Gasteiger partial charge in [-0.2, -0.15) is 0 Å². The molecule has 3 rings (SSSR count). The number of hydrazine groups is 1. The van der Waals surface area contributed by atoms with Crippen LogP contribution in [-0.2, 0) is 27.3 Å². The Hall–Kier alpha value is -3.19. The Balaban J connectivity index is 1.72. The van der Waals surface area contributed by atoms with Crippen molar-refractivity contribution in [1.29, 1.82) is 0 Å². The fourth-order valence-corrected chi connectivity index (χ4v) is 3.24. The molecule has 1 atom stereocenters. The number of carboxylic acids is 1. The van der Waals surface area contributed by atoms with E-state index in [0.717, 1.165) is 11.1 Å². The minimum absolute atomic E-state index is 0.166. The van der Waals surface area contributed by atoms with Crippen molar-refractivity contribution < 1.29 is 19.5 Å². The smallest absolute Gasteiger partial charge is 0.303 e. The highest BCUT2D eigenvalue weighted by molar-refractivity contribution is 5.88. The summed E-state index contributed by atoms with van der Waals surface area (Å²) in [4.78, 5) is 37.6. The van der Waals surface area contributed by atoms with Crippen LogP contribution in [0, 0.1) is 0 Å². The maximum absolute atomic E-state index is 12.9. The van der Waals surface area contributed by atoms with Gasteiger partial charge in [-0.15, -0.1) is 0 Å². The summed E-state index contributed by atoms with van der Waals surface area (Å²) >= 11 is 0. The van der Waals surface area contributed by atoms with E-state index in [4.69, 9.17) is 5.11 Å². The summed E-state index contributed by atoms with van der Waals surface area (Å²) in [6.45, 7) is 0.829. The number of aliphatic carboxylic acids is 1. The number of carbonyl (C=O) groups is 3. The molecule has 0 saturated carbocycles. The number of rotatable bonds is 8. The molecule has 1 heterocycles. The molecule has 1 aliphatic rings. The largest absolute Gasteiger partial charge is 0.481 e. The van der Waals surface area contributed by atoms with E-state index in [-0.39, 0.29) is 25.4 Å². The van der Waals surface area contributed by atoms with Gasteiger partial charge in [0.05, 0.1) is 19.1 Å². The van der Waals surface area contributed by atoms with E-state index in [9.17, 15) is 14.4 Å². The molecule has 1 saturated heterocycles. The van der Waals surface area contributed by atoms with Crippen molar-refractivity contribution in [1.82, 2.24) is 15.3 Å². The second-order valence-electron chi connectivity index (χ2n) is 6.77. The lowest BCUT2D eigenvalue weighted by Crippen LogP contribution is -2.44. The van der Waals surface area contributed by atoms with Crippen LogP contribution in [0.5, 0.6) is 0 Å². The van der Waals surface area contributed by atoms with Gasteiger partial charge in [-0.1, -0.05) is 60.7 Å². The lowest BCUT2D eigenvalue weighted by atomic mass is 10.0. The number of carbonyl (C=O) groups excluding carboxylic acids is 2. The lowest BCUT2D eigenvalue weighted by molar-refractivity contribution is -0.141. The highest BCUT2D eigenvalue weighted by Crippen LogP contribution is 2.20. The zero-order valence-electron chi connectivity index (χ0n) is 15.5. The Kier molecular flexibility index (Phi) is 6.39. The van der Waals surface area contributed by atoms with Crippen molar-refractivity contribution in [2.24, 2.45) is 0 Å². The highest BCUT2D eigenvalue weighted by atomic mass is 16.4. The Morgan fingerprint density at radius 2 is 1.57 bits per heavy atom. The van der Waals surface area contributed by atoms with Crippen LogP contribution in [0.1, 0.15) is 24.0 Å². The van der Waals surface area contributed by atoms with Gasteiger partial charge >= 0.3 is 5.97 Å². The van der Waals surface area contributed by atoms with E-state index in [1.54, 1.807) is 0 Å². The number of nitrogens with one attached hydrogen (secondary N) is 1. The third-order valence-electron chi connectivity index (χ3n) is 4.64. The molecule has 0 bridgehead atoms. The maximum atomic E-state index is 12.9. The molecule has 1 unspecified atom stereocenters. The van der Waals surface area contributed by atoms with Crippen LogP contribution in [0.15, 0.2) is 60.7 Å². The molecular weight excluding hydrogens is 358 g/mol. The van der Waals surface area contributed by atoms with E-state index < -0.39 is 17.9 Å². The zero-order valence-corrected chi connectivity index (χ0v) is 15.5. The first-order chi connectivity index (χ1) is 13.5. The molecule has 1 fully saturated rings. The molecule has 28 heavy (non-hydrogen) atoms. The Morgan fingerprint density at radius 1 is 0.964 bits per heavy atom. The van der Waals surface area contributed by atoms with Crippen LogP contribution in [0.25, 0.3) is 0 Å². The summed E-state index contributed by atoms with van der Waals surface area (Å²) in [7, 11) is 0. The van der Waals surface area contributed by atoms with Gasteiger partial charge in [0.15, 0.2) is 0 Å². The standard InChI is InChI=1S/C21H23N3O4/c25-19(11-12-20(26)27)22-24-15-23(14-17-9-5-2-6-10-17)18(21(24)28)13-16-7-3-1-4-8-16/h1-10,18H,11-15H2,(H,22,25)(H,26,27). The van der Waals surface area contributed by atoms with Crippen LogP contribution >= 0.6 is 0 Å². The number of hydrogen-bond acceptors (Lipinski definition) is 4. The van der Waals surface area contributed by atoms with Gasteiger partial charge in [-0.3, -0.25) is 24.7 Å². The first-order valence-corrected chi connectivity index (χ1v) is 9.17. The van der Waals surface area contributed by atoms with Crippen molar-refractivity contribution in [3.63, 3.8) is 0 Å². The molecule has 7 nitrogen and oxygen atoms in total. The van der Waals surface area contributed by atoms with Crippen molar-refractivity contribution >= 4 is 17.8 Å². The van der Waals surface area contributed by atoms with E-state index in [0.29, 0.717) is 13.0 Å². The van der Waals surface area contributed by atoms with Crippen molar-refractivity contribution in [2.45, 2.75) is 31.8 Å². The molecular formula is C21H23N3O4. The van der Waals surface area contributed by atoms with Crippen LogP contribution in [0.3, 0.4) is 0 Å². The lowest BCUT2D eigenvalue weighted by Gasteiger charge is -2.21. The number of carboxylic acid groups (broad SMARTS) is 1. The van der Waals surface area contributed by atoms with Gasteiger partial charge in [0.1, 0.15) is 0 Å². The molecule has 2 aromatic carbocycles. The fourth-order valence-electron chi connectivity index (χ4n) is 3.24.